The lowest BCUT2D eigenvalue weighted by Gasteiger charge is -2.07. The van der Waals surface area contributed by atoms with Crippen LogP contribution in [-0.2, 0) is 17.9 Å². The Kier molecular flexibility index (Phi) is 3.90. The molecule has 4 nitrogen and oxygen atoms in total. The molecule has 102 valence electrons. The SMILES string of the molecule is COCc1ccc(CNc2ncnc3ccsc23)cc1. The summed E-state index contributed by atoms with van der Waals surface area (Å²) in [4.78, 5) is 8.54. The Labute approximate surface area is 121 Å². The first-order valence-corrected chi connectivity index (χ1v) is 7.23. The van der Waals surface area contributed by atoms with Crippen LogP contribution in [0.4, 0.5) is 5.82 Å². The number of thiophene rings is 1. The molecule has 1 aromatic carbocycles. The van der Waals surface area contributed by atoms with Crippen molar-refractivity contribution in [3.05, 3.63) is 53.2 Å². The summed E-state index contributed by atoms with van der Waals surface area (Å²) in [6.45, 7) is 1.40. The average molecular weight is 285 g/mol. The summed E-state index contributed by atoms with van der Waals surface area (Å²) in [5.74, 6) is 0.894. The Balaban J connectivity index is 1.71. The van der Waals surface area contributed by atoms with Crippen LogP contribution in [0.5, 0.6) is 0 Å². The van der Waals surface area contributed by atoms with E-state index in [1.165, 1.54) is 11.1 Å². The second kappa shape index (κ2) is 5.98. The highest BCUT2D eigenvalue weighted by Gasteiger charge is 2.04. The first-order chi connectivity index (χ1) is 9.86. The van der Waals surface area contributed by atoms with Crippen LogP contribution in [0, 0.1) is 0 Å². The Hall–Kier alpha value is -1.98. The van der Waals surface area contributed by atoms with Crippen molar-refractivity contribution in [1.82, 2.24) is 9.97 Å². The number of nitrogens with zero attached hydrogens (tertiary/aromatic N) is 2. The highest BCUT2D eigenvalue weighted by atomic mass is 32.1. The van der Waals surface area contributed by atoms with Gasteiger partial charge in [0.25, 0.3) is 0 Å². The standard InChI is InChI=1S/C15H15N3OS/c1-19-9-12-4-2-11(3-5-12)8-16-15-14-13(6-7-20-14)17-10-18-15/h2-7,10H,8-9H2,1H3,(H,16,17,18). The van der Waals surface area contributed by atoms with Crippen molar-refractivity contribution in [2.45, 2.75) is 13.2 Å². The molecule has 3 rings (SSSR count). The van der Waals surface area contributed by atoms with Gasteiger partial charge < -0.3 is 10.1 Å². The zero-order chi connectivity index (χ0) is 13.8. The number of ether oxygens (including phenoxy) is 1. The number of nitrogens with one attached hydrogen (secondary N) is 1. The lowest BCUT2D eigenvalue weighted by atomic mass is 10.1. The second-order valence-corrected chi connectivity index (χ2v) is 5.38. The Morgan fingerprint density at radius 2 is 1.90 bits per heavy atom. The van der Waals surface area contributed by atoms with Crippen LogP contribution in [0.1, 0.15) is 11.1 Å². The normalized spacial score (nSPS) is 10.8. The second-order valence-electron chi connectivity index (χ2n) is 4.46. The number of methoxy groups -OCH3 is 1. The summed E-state index contributed by atoms with van der Waals surface area (Å²) in [5.41, 5.74) is 3.38. The van der Waals surface area contributed by atoms with Crippen molar-refractivity contribution in [1.29, 1.82) is 0 Å². The van der Waals surface area contributed by atoms with Gasteiger partial charge in [0.15, 0.2) is 0 Å². The predicted molar refractivity (Wildman–Crippen MR) is 81.9 cm³/mol. The van der Waals surface area contributed by atoms with E-state index in [0.717, 1.165) is 22.6 Å². The minimum atomic E-state index is 0.648. The van der Waals surface area contributed by atoms with E-state index in [1.807, 2.05) is 11.4 Å². The number of fused-ring (bicyclic) bond motifs is 1. The third kappa shape index (κ3) is 2.79. The first kappa shape index (κ1) is 13.0. The van der Waals surface area contributed by atoms with E-state index in [-0.39, 0.29) is 0 Å². The van der Waals surface area contributed by atoms with Gasteiger partial charge in [0.1, 0.15) is 12.1 Å². The summed E-state index contributed by atoms with van der Waals surface area (Å²) in [5, 5.41) is 5.40. The molecule has 20 heavy (non-hydrogen) atoms. The zero-order valence-corrected chi connectivity index (χ0v) is 12.0. The summed E-state index contributed by atoms with van der Waals surface area (Å²) < 4.78 is 6.21. The fraction of sp³-hybridized carbons (Fsp3) is 0.200. The van der Waals surface area contributed by atoms with Crippen molar-refractivity contribution < 1.29 is 4.74 Å². The minimum Gasteiger partial charge on any atom is -0.380 e. The van der Waals surface area contributed by atoms with E-state index >= 15 is 0 Å². The summed E-state index contributed by atoms with van der Waals surface area (Å²) in [7, 11) is 1.71. The number of anilines is 1. The van der Waals surface area contributed by atoms with E-state index < -0.39 is 0 Å². The van der Waals surface area contributed by atoms with E-state index in [2.05, 4.69) is 39.6 Å². The molecule has 0 spiro atoms. The average Bonchev–Trinajstić information content (AvgIpc) is 2.96. The van der Waals surface area contributed by atoms with Crippen LogP contribution >= 0.6 is 11.3 Å². The molecule has 0 saturated heterocycles. The monoisotopic (exact) mass is 285 g/mol. The van der Waals surface area contributed by atoms with Crippen molar-refractivity contribution in [2.75, 3.05) is 12.4 Å². The largest absolute Gasteiger partial charge is 0.380 e. The molecule has 0 amide bonds. The van der Waals surface area contributed by atoms with Gasteiger partial charge in [-0.25, -0.2) is 9.97 Å². The smallest absolute Gasteiger partial charge is 0.147 e. The Bertz CT molecular complexity index is 694. The molecule has 0 fully saturated rings. The molecule has 2 aromatic heterocycles. The maximum absolute atomic E-state index is 5.11. The topological polar surface area (TPSA) is 47.0 Å². The van der Waals surface area contributed by atoms with E-state index in [4.69, 9.17) is 4.74 Å². The number of hydrogen-bond donors (Lipinski definition) is 1. The molecule has 0 radical (unpaired) electrons. The fourth-order valence-electron chi connectivity index (χ4n) is 2.02. The van der Waals surface area contributed by atoms with Crippen molar-refractivity contribution >= 4 is 27.4 Å². The molecule has 0 saturated carbocycles. The van der Waals surface area contributed by atoms with Gasteiger partial charge in [0.2, 0.25) is 0 Å². The van der Waals surface area contributed by atoms with Crippen LogP contribution in [-0.4, -0.2) is 17.1 Å². The van der Waals surface area contributed by atoms with Gasteiger partial charge >= 0.3 is 0 Å². The Morgan fingerprint density at radius 3 is 2.70 bits per heavy atom. The molecule has 0 unspecified atom stereocenters. The lowest BCUT2D eigenvalue weighted by molar-refractivity contribution is 0.185. The summed E-state index contributed by atoms with van der Waals surface area (Å²) >= 11 is 1.65. The van der Waals surface area contributed by atoms with Crippen LogP contribution in [0.2, 0.25) is 0 Å². The first-order valence-electron chi connectivity index (χ1n) is 6.35. The highest BCUT2D eigenvalue weighted by molar-refractivity contribution is 7.17. The summed E-state index contributed by atoms with van der Waals surface area (Å²) in [6, 6.07) is 10.4. The molecule has 0 atom stereocenters. The number of rotatable bonds is 5. The van der Waals surface area contributed by atoms with Gasteiger partial charge in [0.05, 0.1) is 16.8 Å². The number of benzene rings is 1. The number of hydrogen-bond acceptors (Lipinski definition) is 5. The maximum atomic E-state index is 5.11. The fourth-order valence-corrected chi connectivity index (χ4v) is 2.83. The van der Waals surface area contributed by atoms with Gasteiger partial charge in [-0.2, -0.15) is 0 Å². The maximum Gasteiger partial charge on any atom is 0.147 e. The Morgan fingerprint density at radius 1 is 1.10 bits per heavy atom. The molecular formula is C15H15N3OS. The van der Waals surface area contributed by atoms with Crippen molar-refractivity contribution in [2.24, 2.45) is 0 Å². The van der Waals surface area contributed by atoms with Crippen molar-refractivity contribution in [3.8, 4) is 0 Å². The van der Waals surface area contributed by atoms with E-state index in [0.29, 0.717) is 6.61 Å². The van der Waals surface area contributed by atoms with E-state index in [1.54, 1.807) is 24.8 Å². The molecule has 1 N–H and O–H groups in total. The van der Waals surface area contributed by atoms with Gasteiger partial charge in [-0.3, -0.25) is 0 Å². The molecule has 0 bridgehead atoms. The predicted octanol–water partition coefficient (Wildman–Crippen LogP) is 3.45. The van der Waals surface area contributed by atoms with Gasteiger partial charge in [0, 0.05) is 13.7 Å². The zero-order valence-electron chi connectivity index (χ0n) is 11.2. The summed E-state index contributed by atoms with van der Waals surface area (Å²) in [6.07, 6.45) is 1.60. The minimum absolute atomic E-state index is 0.648. The quantitative estimate of drug-likeness (QED) is 0.780. The van der Waals surface area contributed by atoms with Crippen molar-refractivity contribution in [3.63, 3.8) is 0 Å². The third-order valence-electron chi connectivity index (χ3n) is 3.04. The third-order valence-corrected chi connectivity index (χ3v) is 3.95. The van der Waals surface area contributed by atoms with Gasteiger partial charge in [-0.05, 0) is 22.6 Å². The molecule has 5 heteroatoms. The lowest BCUT2D eigenvalue weighted by Crippen LogP contribution is -2.02. The molecule has 2 heterocycles. The van der Waals surface area contributed by atoms with Crippen LogP contribution in [0.3, 0.4) is 0 Å². The molecule has 0 aliphatic heterocycles. The van der Waals surface area contributed by atoms with E-state index in [9.17, 15) is 0 Å². The molecule has 3 aromatic rings. The van der Waals surface area contributed by atoms with Crippen LogP contribution in [0.15, 0.2) is 42.0 Å². The molecule has 0 aliphatic carbocycles. The van der Waals surface area contributed by atoms with Gasteiger partial charge in [-0.1, -0.05) is 24.3 Å². The van der Waals surface area contributed by atoms with Crippen LogP contribution < -0.4 is 5.32 Å². The highest BCUT2D eigenvalue weighted by Crippen LogP contribution is 2.25. The molecular weight excluding hydrogens is 270 g/mol. The molecule has 0 aliphatic rings. The van der Waals surface area contributed by atoms with Crippen LogP contribution in [0.25, 0.3) is 10.2 Å². The number of aromatic nitrogens is 2. The van der Waals surface area contributed by atoms with Gasteiger partial charge in [-0.15, -0.1) is 11.3 Å².